The maximum absolute atomic E-state index is 11.3. The lowest BCUT2D eigenvalue weighted by Crippen LogP contribution is -2.26. The Morgan fingerprint density at radius 3 is 3.00 bits per heavy atom. The van der Waals surface area contributed by atoms with E-state index in [-0.39, 0.29) is 12.3 Å². The van der Waals surface area contributed by atoms with Gasteiger partial charge >= 0.3 is 0 Å². The Morgan fingerprint density at radius 1 is 1.71 bits per heavy atom. The molecule has 0 saturated carbocycles. The van der Waals surface area contributed by atoms with Gasteiger partial charge in [-0.05, 0) is 0 Å². The predicted octanol–water partition coefficient (Wildman–Crippen LogP) is -1.09. The van der Waals surface area contributed by atoms with Gasteiger partial charge in [-0.1, -0.05) is 0 Å². The molecule has 1 atom stereocenters. The fourth-order valence-electron chi connectivity index (χ4n) is 1.53. The molecule has 1 aromatic rings. The zero-order valence-electron chi connectivity index (χ0n) is 7.92. The highest BCUT2D eigenvalue weighted by molar-refractivity contribution is 5.78. The van der Waals surface area contributed by atoms with E-state index in [0.29, 0.717) is 13.1 Å². The number of carbonyl (C=O) groups is 1. The number of β-amino-alcohol motifs (C(OH)–C–C–N with tert-alkyl or cyclic N) is 1. The summed E-state index contributed by atoms with van der Waals surface area (Å²) < 4.78 is 1.76. The minimum atomic E-state index is -0.532. The minimum Gasteiger partial charge on any atom is -0.391 e. The lowest BCUT2D eigenvalue weighted by molar-refractivity contribution is -0.128. The van der Waals surface area contributed by atoms with E-state index in [1.165, 1.54) is 0 Å². The molecule has 0 radical (unpaired) electrons. The number of likely N-dealkylation sites (tertiary alicyclic amines) is 1. The first-order valence-electron chi connectivity index (χ1n) is 4.45. The van der Waals surface area contributed by atoms with Gasteiger partial charge < -0.3 is 14.6 Å². The van der Waals surface area contributed by atoms with Crippen LogP contribution in [0.25, 0.3) is 0 Å². The Morgan fingerprint density at radius 2 is 2.50 bits per heavy atom. The van der Waals surface area contributed by atoms with Crippen LogP contribution in [0.3, 0.4) is 0 Å². The molecule has 1 N–H and O–H groups in total. The number of aliphatic hydroxyl groups is 1. The van der Waals surface area contributed by atoms with Crippen LogP contribution in [0, 0.1) is 0 Å². The number of nitrogens with zero attached hydrogens (tertiary/aromatic N) is 4. The molecule has 2 rings (SSSR count). The first kappa shape index (κ1) is 9.14. The first-order valence-corrected chi connectivity index (χ1v) is 4.45. The van der Waals surface area contributed by atoms with E-state index in [4.69, 9.17) is 0 Å². The maximum Gasteiger partial charge on any atom is 0.225 e. The van der Waals surface area contributed by atoms with E-state index >= 15 is 0 Å². The summed E-state index contributed by atoms with van der Waals surface area (Å²) in [6, 6.07) is 0. The summed E-state index contributed by atoms with van der Waals surface area (Å²) in [6.45, 7) is 0.818. The maximum atomic E-state index is 11.3. The van der Waals surface area contributed by atoms with Gasteiger partial charge in [0.2, 0.25) is 5.91 Å². The van der Waals surface area contributed by atoms with Crippen molar-refractivity contribution in [1.29, 1.82) is 0 Å². The standard InChI is InChI=1S/C8H12N4O2/c1-11-5-9-10-7(11)4-12-3-6(13)2-8(12)14/h5-6,13H,2-4H2,1H3. The van der Waals surface area contributed by atoms with Crippen molar-refractivity contribution in [2.24, 2.45) is 7.05 Å². The SMILES string of the molecule is Cn1cnnc1CN1CC(O)CC1=O. The highest BCUT2D eigenvalue weighted by Crippen LogP contribution is 2.13. The number of carbonyl (C=O) groups excluding carboxylic acids is 1. The van der Waals surface area contributed by atoms with Crippen molar-refractivity contribution < 1.29 is 9.90 Å². The number of aromatic nitrogens is 3. The molecule has 1 aliphatic heterocycles. The summed E-state index contributed by atoms with van der Waals surface area (Å²) in [4.78, 5) is 12.9. The molecule has 14 heavy (non-hydrogen) atoms. The Bertz CT molecular complexity index is 349. The Labute approximate surface area is 81.2 Å². The minimum absolute atomic E-state index is 0.0273. The van der Waals surface area contributed by atoms with Crippen LogP contribution >= 0.6 is 0 Å². The molecule has 6 heteroatoms. The quantitative estimate of drug-likeness (QED) is 0.652. The summed E-state index contributed by atoms with van der Waals surface area (Å²) >= 11 is 0. The van der Waals surface area contributed by atoms with Crippen molar-refractivity contribution >= 4 is 5.91 Å². The van der Waals surface area contributed by atoms with Gasteiger partial charge in [0.25, 0.3) is 0 Å². The summed E-state index contributed by atoms with van der Waals surface area (Å²) in [7, 11) is 1.83. The van der Waals surface area contributed by atoms with Gasteiger partial charge in [0, 0.05) is 13.6 Å². The monoisotopic (exact) mass is 196 g/mol. The number of rotatable bonds is 2. The number of hydrogen-bond acceptors (Lipinski definition) is 4. The number of amides is 1. The van der Waals surface area contributed by atoms with E-state index in [1.54, 1.807) is 15.8 Å². The van der Waals surface area contributed by atoms with Gasteiger partial charge in [0.05, 0.1) is 19.1 Å². The number of hydrogen-bond donors (Lipinski definition) is 1. The highest BCUT2D eigenvalue weighted by Gasteiger charge is 2.28. The van der Waals surface area contributed by atoms with E-state index in [2.05, 4.69) is 10.2 Å². The lowest BCUT2D eigenvalue weighted by Gasteiger charge is -2.14. The molecule has 0 aromatic carbocycles. The second-order valence-electron chi connectivity index (χ2n) is 3.49. The van der Waals surface area contributed by atoms with Gasteiger partial charge in [0.1, 0.15) is 6.33 Å². The van der Waals surface area contributed by atoms with Crippen LogP contribution in [0.2, 0.25) is 0 Å². The van der Waals surface area contributed by atoms with Crippen LogP contribution in [0.15, 0.2) is 6.33 Å². The second kappa shape index (κ2) is 3.38. The van der Waals surface area contributed by atoms with E-state index in [1.807, 2.05) is 7.05 Å². The smallest absolute Gasteiger partial charge is 0.225 e. The molecule has 1 aliphatic rings. The Balaban J connectivity index is 2.05. The molecule has 1 saturated heterocycles. The van der Waals surface area contributed by atoms with Gasteiger partial charge in [-0.25, -0.2) is 0 Å². The molecule has 0 bridgehead atoms. The molecule has 76 valence electrons. The van der Waals surface area contributed by atoms with Crippen molar-refractivity contribution in [3.8, 4) is 0 Å². The third kappa shape index (κ3) is 1.60. The van der Waals surface area contributed by atoms with Crippen LogP contribution < -0.4 is 0 Å². The number of aliphatic hydroxyl groups excluding tert-OH is 1. The topological polar surface area (TPSA) is 71.2 Å². The molecule has 0 aliphatic carbocycles. The van der Waals surface area contributed by atoms with Crippen molar-refractivity contribution in [3.63, 3.8) is 0 Å². The molecule has 1 unspecified atom stereocenters. The zero-order chi connectivity index (χ0) is 10.1. The Hall–Kier alpha value is -1.43. The molecule has 2 heterocycles. The number of aryl methyl sites for hydroxylation is 1. The third-order valence-corrected chi connectivity index (χ3v) is 2.33. The van der Waals surface area contributed by atoms with Gasteiger partial charge in [0.15, 0.2) is 5.82 Å². The largest absolute Gasteiger partial charge is 0.391 e. The second-order valence-corrected chi connectivity index (χ2v) is 3.49. The van der Waals surface area contributed by atoms with Gasteiger partial charge in [-0.3, -0.25) is 4.79 Å². The molecule has 6 nitrogen and oxygen atoms in total. The average molecular weight is 196 g/mol. The summed E-state index contributed by atoms with van der Waals surface area (Å²) in [5.74, 6) is 0.702. The summed E-state index contributed by atoms with van der Waals surface area (Å²) in [5, 5.41) is 16.9. The Kier molecular flexibility index (Phi) is 2.20. The molecular weight excluding hydrogens is 184 g/mol. The molecule has 1 fully saturated rings. The van der Waals surface area contributed by atoms with Crippen molar-refractivity contribution in [3.05, 3.63) is 12.2 Å². The van der Waals surface area contributed by atoms with Crippen LogP contribution in [0.5, 0.6) is 0 Å². The highest BCUT2D eigenvalue weighted by atomic mass is 16.3. The fraction of sp³-hybridized carbons (Fsp3) is 0.625. The summed E-state index contributed by atoms with van der Waals surface area (Å²) in [6.07, 6.45) is 1.28. The van der Waals surface area contributed by atoms with Crippen LogP contribution in [-0.2, 0) is 18.4 Å². The van der Waals surface area contributed by atoms with E-state index < -0.39 is 6.10 Å². The molecule has 0 spiro atoms. The fourth-order valence-corrected chi connectivity index (χ4v) is 1.53. The molecular formula is C8H12N4O2. The van der Waals surface area contributed by atoms with Crippen molar-refractivity contribution in [2.75, 3.05) is 6.54 Å². The average Bonchev–Trinajstić information content (AvgIpc) is 2.62. The normalized spacial score (nSPS) is 22.0. The summed E-state index contributed by atoms with van der Waals surface area (Å²) in [5.41, 5.74) is 0. The van der Waals surface area contributed by atoms with Crippen LogP contribution in [-0.4, -0.2) is 43.3 Å². The van der Waals surface area contributed by atoms with Crippen molar-refractivity contribution in [2.45, 2.75) is 19.1 Å². The predicted molar refractivity (Wildman–Crippen MR) is 47.0 cm³/mol. The van der Waals surface area contributed by atoms with Crippen LogP contribution in [0.4, 0.5) is 0 Å². The molecule has 1 amide bonds. The van der Waals surface area contributed by atoms with Crippen LogP contribution in [0.1, 0.15) is 12.2 Å². The van der Waals surface area contributed by atoms with Crippen molar-refractivity contribution in [1.82, 2.24) is 19.7 Å². The van der Waals surface area contributed by atoms with E-state index in [9.17, 15) is 9.90 Å². The third-order valence-electron chi connectivity index (χ3n) is 2.33. The van der Waals surface area contributed by atoms with E-state index in [0.717, 1.165) is 5.82 Å². The molecule has 1 aromatic heterocycles. The van der Waals surface area contributed by atoms with Gasteiger partial charge in [-0.15, -0.1) is 10.2 Å². The lowest BCUT2D eigenvalue weighted by atomic mass is 10.3. The first-order chi connectivity index (χ1) is 6.66. The zero-order valence-corrected chi connectivity index (χ0v) is 7.92. The van der Waals surface area contributed by atoms with Gasteiger partial charge in [-0.2, -0.15) is 0 Å².